The number of rotatable bonds is 6. The van der Waals surface area contributed by atoms with Crippen LogP contribution in [0, 0.1) is 13.8 Å². The van der Waals surface area contributed by atoms with Crippen molar-refractivity contribution in [3.63, 3.8) is 0 Å². The van der Waals surface area contributed by atoms with Crippen LogP contribution < -0.4 is 19.7 Å². The molecule has 4 aromatic rings. The highest BCUT2D eigenvalue weighted by Gasteiger charge is 2.36. The van der Waals surface area contributed by atoms with Gasteiger partial charge in [-0.15, -0.1) is 0 Å². The van der Waals surface area contributed by atoms with E-state index in [0.29, 0.717) is 40.2 Å². The first-order valence-electron chi connectivity index (χ1n) is 11.9. The summed E-state index contributed by atoms with van der Waals surface area (Å²) in [6, 6.07) is 20.5. The Kier molecular flexibility index (Phi) is 6.40. The Morgan fingerprint density at radius 3 is 2.16 bits per heavy atom. The van der Waals surface area contributed by atoms with Crippen molar-refractivity contribution < 1.29 is 18.8 Å². The average Bonchev–Trinajstić information content (AvgIpc) is 3.38. The molecular formula is C29H28N4O4. The number of aryl methyl sites for hydroxylation is 2. The second kappa shape index (κ2) is 9.81. The van der Waals surface area contributed by atoms with Gasteiger partial charge in [0.15, 0.2) is 11.5 Å². The normalized spacial score (nSPS) is 15.5. The first-order chi connectivity index (χ1) is 17.9. The summed E-state index contributed by atoms with van der Waals surface area (Å²) in [5.41, 5.74) is 6.03. The molecule has 1 atom stereocenters. The second-order valence-electron chi connectivity index (χ2n) is 8.96. The molecule has 1 N–H and O–H groups in total. The number of ether oxygens (including phenoxy) is 2. The molecule has 0 saturated heterocycles. The number of methoxy groups -OCH3 is 2. The Hall–Kier alpha value is -4.59. The third-order valence-electron chi connectivity index (χ3n) is 6.49. The molecule has 0 spiro atoms. The maximum atomic E-state index is 13.5. The molecule has 8 heteroatoms. The van der Waals surface area contributed by atoms with Crippen LogP contribution in [0.5, 0.6) is 11.5 Å². The van der Waals surface area contributed by atoms with Gasteiger partial charge in [0.2, 0.25) is 5.82 Å². The second-order valence-corrected chi connectivity index (χ2v) is 8.96. The molecule has 0 radical (unpaired) electrons. The van der Waals surface area contributed by atoms with Crippen LogP contribution in [0.1, 0.15) is 35.5 Å². The van der Waals surface area contributed by atoms with E-state index in [4.69, 9.17) is 19.0 Å². The zero-order valence-electron chi connectivity index (χ0n) is 21.4. The van der Waals surface area contributed by atoms with Gasteiger partial charge >= 0.3 is 6.03 Å². The Labute approximate surface area is 215 Å². The number of aromatic nitrogens is 2. The van der Waals surface area contributed by atoms with Crippen molar-refractivity contribution >= 4 is 17.3 Å². The number of carbonyl (C=O) groups excluding carboxylic acids is 1. The third-order valence-corrected chi connectivity index (χ3v) is 6.49. The minimum absolute atomic E-state index is 0.280. The highest BCUT2D eigenvalue weighted by atomic mass is 16.5. The summed E-state index contributed by atoms with van der Waals surface area (Å²) < 4.78 is 16.6. The summed E-state index contributed by atoms with van der Waals surface area (Å²) in [5.74, 6) is 1.90. The van der Waals surface area contributed by atoms with Crippen LogP contribution in [0.25, 0.3) is 17.0 Å². The van der Waals surface area contributed by atoms with Gasteiger partial charge in [-0.2, -0.15) is 4.98 Å². The van der Waals surface area contributed by atoms with Crippen LogP contribution in [0.2, 0.25) is 0 Å². The zero-order valence-corrected chi connectivity index (χ0v) is 21.4. The summed E-state index contributed by atoms with van der Waals surface area (Å²) in [6.45, 7) is 5.93. The monoisotopic (exact) mass is 496 g/mol. The smallest absolute Gasteiger partial charge is 0.327 e. The average molecular weight is 497 g/mol. The van der Waals surface area contributed by atoms with Gasteiger partial charge in [0, 0.05) is 17.3 Å². The van der Waals surface area contributed by atoms with Crippen molar-refractivity contribution in [3.05, 3.63) is 95.0 Å². The fourth-order valence-corrected chi connectivity index (χ4v) is 4.46. The molecule has 1 aromatic heterocycles. The minimum Gasteiger partial charge on any atom is -0.493 e. The van der Waals surface area contributed by atoms with Gasteiger partial charge in [0.25, 0.3) is 5.89 Å². The van der Waals surface area contributed by atoms with Crippen LogP contribution in [0.4, 0.5) is 10.5 Å². The number of nitrogens with zero attached hydrogens (tertiary/aromatic N) is 3. The highest BCUT2D eigenvalue weighted by molar-refractivity contribution is 6.01. The molecule has 0 aliphatic carbocycles. The molecule has 0 fully saturated rings. The fourth-order valence-electron chi connectivity index (χ4n) is 4.46. The lowest BCUT2D eigenvalue weighted by Gasteiger charge is -2.35. The standard InChI is InChI=1S/C29H28N4O4/c1-17-6-10-20(11-7-17)26-25(28-31-27(32-37-28)21-12-8-18(2)9-13-21)19(3)33(29(34)30-26)22-14-15-23(35-4)24(16-22)36-5/h6-16,26H,1-5H3,(H,30,34). The van der Waals surface area contributed by atoms with E-state index < -0.39 is 6.04 Å². The molecular weight excluding hydrogens is 468 g/mol. The Morgan fingerprint density at radius 1 is 0.865 bits per heavy atom. The molecule has 2 heterocycles. The van der Waals surface area contributed by atoms with E-state index in [9.17, 15) is 4.79 Å². The SMILES string of the molecule is COc1ccc(N2C(=O)NC(c3ccc(C)cc3)C(c3nc(-c4ccc(C)cc4)no3)=C2C)cc1OC. The maximum absolute atomic E-state index is 13.5. The van der Waals surface area contributed by atoms with E-state index >= 15 is 0 Å². The topological polar surface area (TPSA) is 89.7 Å². The first kappa shape index (κ1) is 24.1. The predicted molar refractivity (Wildman–Crippen MR) is 142 cm³/mol. The van der Waals surface area contributed by atoms with Gasteiger partial charge in [0.05, 0.1) is 31.5 Å². The lowest BCUT2D eigenvalue weighted by Crippen LogP contribution is -2.46. The van der Waals surface area contributed by atoms with E-state index in [0.717, 1.165) is 22.3 Å². The number of benzene rings is 3. The van der Waals surface area contributed by atoms with Crippen molar-refractivity contribution in [1.29, 1.82) is 0 Å². The minimum atomic E-state index is -0.476. The van der Waals surface area contributed by atoms with Crippen molar-refractivity contribution in [1.82, 2.24) is 15.5 Å². The molecule has 1 aliphatic heterocycles. The van der Waals surface area contributed by atoms with Crippen molar-refractivity contribution in [3.8, 4) is 22.9 Å². The Bertz CT molecular complexity index is 1470. The number of allylic oxidation sites excluding steroid dienone is 1. The van der Waals surface area contributed by atoms with Gasteiger partial charge < -0.3 is 19.3 Å². The Balaban J connectivity index is 1.65. The molecule has 8 nitrogen and oxygen atoms in total. The van der Waals surface area contributed by atoms with Crippen molar-refractivity contribution in [2.75, 3.05) is 19.1 Å². The predicted octanol–water partition coefficient (Wildman–Crippen LogP) is 6.07. The number of hydrogen-bond acceptors (Lipinski definition) is 6. The summed E-state index contributed by atoms with van der Waals surface area (Å²) in [5, 5.41) is 7.38. The van der Waals surface area contributed by atoms with Gasteiger partial charge in [0.1, 0.15) is 0 Å². The quantitative estimate of drug-likeness (QED) is 0.348. The van der Waals surface area contributed by atoms with E-state index in [1.807, 2.05) is 69.3 Å². The zero-order chi connectivity index (χ0) is 26.1. The number of urea groups is 1. The lowest BCUT2D eigenvalue weighted by molar-refractivity contribution is 0.244. The van der Waals surface area contributed by atoms with Gasteiger partial charge in [-0.3, -0.25) is 4.90 Å². The molecule has 188 valence electrons. The van der Waals surface area contributed by atoms with Crippen LogP contribution in [-0.2, 0) is 0 Å². The molecule has 5 rings (SSSR count). The molecule has 0 bridgehead atoms. The molecule has 37 heavy (non-hydrogen) atoms. The summed E-state index contributed by atoms with van der Waals surface area (Å²) in [7, 11) is 3.13. The highest BCUT2D eigenvalue weighted by Crippen LogP contribution is 2.41. The molecule has 1 unspecified atom stereocenters. The molecule has 2 amide bonds. The number of amides is 2. The van der Waals surface area contributed by atoms with Gasteiger partial charge in [-0.05, 0) is 38.5 Å². The number of nitrogens with one attached hydrogen (secondary N) is 1. The fraction of sp³-hybridized carbons (Fsp3) is 0.207. The Morgan fingerprint density at radius 2 is 1.51 bits per heavy atom. The summed E-state index contributed by atoms with van der Waals surface area (Å²) in [4.78, 5) is 19.8. The van der Waals surface area contributed by atoms with E-state index in [1.165, 1.54) is 0 Å². The molecule has 0 saturated carbocycles. The van der Waals surface area contributed by atoms with E-state index in [-0.39, 0.29) is 6.03 Å². The van der Waals surface area contributed by atoms with Crippen LogP contribution >= 0.6 is 0 Å². The van der Waals surface area contributed by atoms with Gasteiger partial charge in [-0.1, -0.05) is 64.8 Å². The van der Waals surface area contributed by atoms with E-state index in [1.54, 1.807) is 37.3 Å². The van der Waals surface area contributed by atoms with Crippen molar-refractivity contribution in [2.24, 2.45) is 0 Å². The van der Waals surface area contributed by atoms with Crippen LogP contribution in [-0.4, -0.2) is 30.4 Å². The summed E-state index contributed by atoms with van der Waals surface area (Å²) in [6.07, 6.45) is 0. The maximum Gasteiger partial charge on any atom is 0.327 e. The van der Waals surface area contributed by atoms with E-state index in [2.05, 4.69) is 10.5 Å². The number of anilines is 1. The number of hydrogen-bond donors (Lipinski definition) is 1. The van der Waals surface area contributed by atoms with Crippen LogP contribution in [0.15, 0.2) is 77.0 Å². The largest absolute Gasteiger partial charge is 0.493 e. The van der Waals surface area contributed by atoms with Crippen molar-refractivity contribution in [2.45, 2.75) is 26.8 Å². The molecule has 3 aromatic carbocycles. The number of carbonyl (C=O) groups is 1. The van der Waals surface area contributed by atoms with Crippen LogP contribution in [0.3, 0.4) is 0 Å². The lowest BCUT2D eigenvalue weighted by atomic mass is 9.94. The first-order valence-corrected chi connectivity index (χ1v) is 11.9. The third kappa shape index (κ3) is 4.53. The van der Waals surface area contributed by atoms with Gasteiger partial charge in [-0.25, -0.2) is 4.79 Å². The molecule has 1 aliphatic rings. The summed E-state index contributed by atoms with van der Waals surface area (Å²) >= 11 is 0.